The molecule has 0 aliphatic carbocycles. The maximum absolute atomic E-state index is 12.0. The highest BCUT2D eigenvalue weighted by Crippen LogP contribution is 2.32. The average molecular weight is 455 g/mol. The largest absolute Gasteiger partial charge is 0.506 e. The molecule has 0 atom stereocenters. The van der Waals surface area contributed by atoms with Gasteiger partial charge < -0.3 is 10.4 Å². The molecule has 0 fully saturated rings. The molecule has 24 heavy (non-hydrogen) atoms. The van der Waals surface area contributed by atoms with Gasteiger partial charge >= 0.3 is 0 Å². The normalized spacial score (nSPS) is 10.6. The van der Waals surface area contributed by atoms with Crippen molar-refractivity contribution in [1.82, 2.24) is 5.43 Å². The van der Waals surface area contributed by atoms with Gasteiger partial charge in [-0.15, -0.1) is 0 Å². The maximum Gasteiger partial charge on any atom is 0.271 e. The summed E-state index contributed by atoms with van der Waals surface area (Å²) in [5.41, 5.74) is 4.12. The predicted octanol–water partition coefficient (Wildman–Crippen LogP) is 3.64. The third kappa shape index (κ3) is 4.90. The number of aromatic hydroxyl groups is 1. The minimum atomic E-state index is -0.377. The number of nitrogens with zero attached hydrogens (tertiary/aromatic N) is 1. The summed E-state index contributed by atoms with van der Waals surface area (Å²) in [6, 6.07) is 9.77. The van der Waals surface area contributed by atoms with Gasteiger partial charge in [0.2, 0.25) is 5.91 Å². The molecule has 8 heteroatoms. The Morgan fingerprint density at radius 1 is 1.12 bits per heavy atom. The van der Waals surface area contributed by atoms with Crippen LogP contribution in [0.3, 0.4) is 0 Å². The van der Waals surface area contributed by atoms with E-state index in [2.05, 4.69) is 47.7 Å². The Kier molecular flexibility index (Phi) is 6.10. The van der Waals surface area contributed by atoms with Gasteiger partial charge in [0.25, 0.3) is 5.91 Å². The lowest BCUT2D eigenvalue weighted by molar-refractivity contribution is -0.114. The molecule has 2 aromatic rings. The van der Waals surface area contributed by atoms with Crippen molar-refractivity contribution in [2.75, 3.05) is 5.32 Å². The quantitative estimate of drug-likeness (QED) is 0.486. The monoisotopic (exact) mass is 453 g/mol. The van der Waals surface area contributed by atoms with Crippen LogP contribution in [-0.2, 0) is 4.79 Å². The topological polar surface area (TPSA) is 90.8 Å². The Bertz CT molecular complexity index is 782. The van der Waals surface area contributed by atoms with Crippen LogP contribution in [0.15, 0.2) is 50.4 Å². The first-order valence-electron chi connectivity index (χ1n) is 6.76. The molecule has 0 bridgehead atoms. The molecule has 2 rings (SSSR count). The molecule has 2 aromatic carbocycles. The predicted molar refractivity (Wildman–Crippen MR) is 99.3 cm³/mol. The van der Waals surface area contributed by atoms with Crippen LogP contribution in [0.25, 0.3) is 0 Å². The Labute approximate surface area is 155 Å². The van der Waals surface area contributed by atoms with Gasteiger partial charge in [0, 0.05) is 18.2 Å². The molecule has 3 N–H and O–H groups in total. The lowest BCUT2D eigenvalue weighted by Crippen LogP contribution is -2.17. The number of hydrazone groups is 1. The molecule has 0 aromatic heterocycles. The van der Waals surface area contributed by atoms with Crippen molar-refractivity contribution in [2.45, 2.75) is 6.92 Å². The SMILES string of the molecule is CC(=O)Nc1ccc(C(=O)N/N=C/c2cc(Br)c(O)c(Br)c2)cc1. The third-order valence-electron chi connectivity index (χ3n) is 2.89. The van der Waals surface area contributed by atoms with E-state index in [-0.39, 0.29) is 17.6 Å². The second-order valence-electron chi connectivity index (χ2n) is 4.79. The van der Waals surface area contributed by atoms with Crippen LogP contribution in [-0.4, -0.2) is 23.1 Å². The summed E-state index contributed by atoms with van der Waals surface area (Å²) >= 11 is 6.44. The fourth-order valence-corrected chi connectivity index (χ4v) is 3.02. The van der Waals surface area contributed by atoms with E-state index in [1.54, 1.807) is 36.4 Å². The van der Waals surface area contributed by atoms with Crippen molar-refractivity contribution in [3.8, 4) is 5.75 Å². The Morgan fingerprint density at radius 2 is 1.71 bits per heavy atom. The van der Waals surface area contributed by atoms with Crippen molar-refractivity contribution >= 4 is 55.6 Å². The third-order valence-corrected chi connectivity index (χ3v) is 4.10. The molecule has 0 spiro atoms. The molecule has 0 saturated carbocycles. The van der Waals surface area contributed by atoms with E-state index in [4.69, 9.17) is 0 Å². The van der Waals surface area contributed by atoms with Gasteiger partial charge in [-0.05, 0) is 73.8 Å². The van der Waals surface area contributed by atoms with E-state index >= 15 is 0 Å². The zero-order valence-electron chi connectivity index (χ0n) is 12.5. The second kappa shape index (κ2) is 8.07. The van der Waals surface area contributed by atoms with Gasteiger partial charge in [-0.3, -0.25) is 9.59 Å². The van der Waals surface area contributed by atoms with Crippen molar-refractivity contribution in [1.29, 1.82) is 0 Å². The fraction of sp³-hybridized carbons (Fsp3) is 0.0625. The summed E-state index contributed by atoms with van der Waals surface area (Å²) in [4.78, 5) is 22.9. The number of hydrogen-bond acceptors (Lipinski definition) is 4. The summed E-state index contributed by atoms with van der Waals surface area (Å²) in [5, 5.41) is 16.1. The lowest BCUT2D eigenvalue weighted by Gasteiger charge is -2.04. The summed E-state index contributed by atoms with van der Waals surface area (Å²) in [6.45, 7) is 1.41. The minimum absolute atomic E-state index is 0.0930. The van der Waals surface area contributed by atoms with Crippen molar-refractivity contribution in [2.24, 2.45) is 5.10 Å². The van der Waals surface area contributed by atoms with Crippen LogP contribution in [0.4, 0.5) is 5.69 Å². The van der Waals surface area contributed by atoms with Crippen LogP contribution < -0.4 is 10.7 Å². The van der Waals surface area contributed by atoms with Crippen LogP contribution in [0.1, 0.15) is 22.8 Å². The highest BCUT2D eigenvalue weighted by molar-refractivity contribution is 9.11. The highest BCUT2D eigenvalue weighted by Gasteiger charge is 2.06. The van der Waals surface area contributed by atoms with Crippen LogP contribution in [0.2, 0.25) is 0 Å². The Hall–Kier alpha value is -2.19. The number of phenolic OH excluding ortho intramolecular Hbond substituents is 1. The first kappa shape index (κ1) is 18.2. The van der Waals surface area contributed by atoms with Crippen molar-refractivity contribution < 1.29 is 14.7 Å². The van der Waals surface area contributed by atoms with E-state index in [0.717, 1.165) is 0 Å². The molecule has 6 nitrogen and oxygen atoms in total. The van der Waals surface area contributed by atoms with Crippen LogP contribution in [0.5, 0.6) is 5.75 Å². The molecule has 0 radical (unpaired) electrons. The van der Waals surface area contributed by atoms with E-state index in [0.29, 0.717) is 25.8 Å². The van der Waals surface area contributed by atoms with Gasteiger partial charge in [0.15, 0.2) is 0 Å². The van der Waals surface area contributed by atoms with E-state index in [1.807, 2.05) is 0 Å². The van der Waals surface area contributed by atoms with E-state index < -0.39 is 0 Å². The van der Waals surface area contributed by atoms with Crippen LogP contribution >= 0.6 is 31.9 Å². The van der Waals surface area contributed by atoms with Crippen molar-refractivity contribution in [3.63, 3.8) is 0 Å². The number of rotatable bonds is 4. The molecule has 0 unspecified atom stereocenters. The standard InChI is InChI=1S/C16H13Br2N3O3/c1-9(22)20-12-4-2-11(3-5-12)16(24)21-19-8-10-6-13(17)15(23)14(18)7-10/h2-8,23H,1H3,(H,20,22)(H,21,24)/b19-8+. The molecule has 0 heterocycles. The molecule has 0 aliphatic rings. The minimum Gasteiger partial charge on any atom is -0.506 e. The molecule has 2 amide bonds. The summed E-state index contributed by atoms with van der Waals surface area (Å²) < 4.78 is 1.02. The Morgan fingerprint density at radius 3 is 2.25 bits per heavy atom. The number of anilines is 1. The van der Waals surface area contributed by atoms with Crippen LogP contribution in [0, 0.1) is 0 Å². The number of phenols is 1. The molecular weight excluding hydrogens is 442 g/mol. The average Bonchev–Trinajstić information content (AvgIpc) is 2.52. The molecular formula is C16H13Br2N3O3. The highest BCUT2D eigenvalue weighted by atomic mass is 79.9. The lowest BCUT2D eigenvalue weighted by atomic mass is 10.2. The zero-order valence-corrected chi connectivity index (χ0v) is 15.7. The number of carbonyl (C=O) groups excluding carboxylic acids is 2. The molecule has 0 aliphatic heterocycles. The maximum atomic E-state index is 12.0. The van der Waals surface area contributed by atoms with Gasteiger partial charge in [-0.2, -0.15) is 5.10 Å². The molecule has 124 valence electrons. The van der Waals surface area contributed by atoms with Gasteiger partial charge in [-0.1, -0.05) is 0 Å². The van der Waals surface area contributed by atoms with Gasteiger partial charge in [0.1, 0.15) is 5.75 Å². The number of hydrogen-bond donors (Lipinski definition) is 3. The smallest absolute Gasteiger partial charge is 0.271 e. The fourth-order valence-electron chi connectivity index (χ4n) is 1.80. The number of benzene rings is 2. The second-order valence-corrected chi connectivity index (χ2v) is 6.50. The number of nitrogens with one attached hydrogen (secondary N) is 2. The molecule has 0 saturated heterocycles. The summed E-state index contributed by atoms with van der Waals surface area (Å²) in [6.07, 6.45) is 1.46. The summed E-state index contributed by atoms with van der Waals surface area (Å²) in [7, 11) is 0. The van der Waals surface area contributed by atoms with E-state index in [1.165, 1.54) is 13.1 Å². The van der Waals surface area contributed by atoms with Crippen molar-refractivity contribution in [3.05, 3.63) is 56.5 Å². The van der Waals surface area contributed by atoms with Gasteiger partial charge in [0.05, 0.1) is 15.2 Å². The first-order valence-corrected chi connectivity index (χ1v) is 8.34. The zero-order chi connectivity index (χ0) is 17.7. The van der Waals surface area contributed by atoms with E-state index in [9.17, 15) is 14.7 Å². The number of carbonyl (C=O) groups is 2. The Balaban J connectivity index is 2.01. The first-order chi connectivity index (χ1) is 11.4. The van der Waals surface area contributed by atoms with Gasteiger partial charge in [-0.25, -0.2) is 5.43 Å². The number of amides is 2. The summed E-state index contributed by atoms with van der Waals surface area (Å²) in [5.74, 6) is -0.462. The number of halogens is 2.